The highest BCUT2D eigenvalue weighted by atomic mass is 32.2. The van der Waals surface area contributed by atoms with Crippen molar-refractivity contribution >= 4 is 33.3 Å². The summed E-state index contributed by atoms with van der Waals surface area (Å²) in [7, 11) is -4.39. The van der Waals surface area contributed by atoms with Crippen molar-refractivity contribution in [2.75, 3.05) is 18.0 Å². The molecule has 0 unspecified atom stereocenters. The Morgan fingerprint density at radius 3 is 2.27 bits per heavy atom. The Kier molecular flexibility index (Phi) is 7.93. The molecule has 0 aromatic heterocycles. The Balaban J connectivity index is 1.27. The highest BCUT2D eigenvalue weighted by Gasteiger charge is 2.22. The van der Waals surface area contributed by atoms with Crippen molar-refractivity contribution in [2.45, 2.75) is 17.7 Å². The molecule has 41 heavy (non-hydrogen) atoms. The van der Waals surface area contributed by atoms with E-state index in [0.717, 1.165) is 37.7 Å². The first-order valence-electron chi connectivity index (χ1n) is 12.9. The summed E-state index contributed by atoms with van der Waals surface area (Å²) in [4.78, 5) is 11.7. The second kappa shape index (κ2) is 11.7. The van der Waals surface area contributed by atoms with E-state index in [9.17, 15) is 22.9 Å². The normalized spacial score (nSPS) is 14.1. The summed E-state index contributed by atoms with van der Waals surface area (Å²) >= 11 is 0. The van der Waals surface area contributed by atoms with Crippen LogP contribution in [0, 0.1) is 15.9 Å². The second-order valence-electron chi connectivity index (χ2n) is 9.61. The molecule has 1 aliphatic heterocycles. The maximum Gasteiger partial charge on any atom is 0.306 e. The van der Waals surface area contributed by atoms with Gasteiger partial charge in [-0.05, 0) is 65.9 Å². The molecule has 1 aliphatic rings. The van der Waals surface area contributed by atoms with Crippen LogP contribution in [-0.4, -0.2) is 32.3 Å². The summed E-state index contributed by atoms with van der Waals surface area (Å²) in [5.41, 5.74) is 11.3. The number of nitrogens with two attached hydrogens (primary N) is 1. The molecule has 10 heteroatoms. The van der Waals surface area contributed by atoms with E-state index in [2.05, 4.69) is 51.8 Å². The molecule has 208 valence electrons. The monoisotopic (exact) mass is 570 g/mol. The number of hydrogen-bond acceptors (Lipinski definition) is 5. The Bertz CT molecular complexity index is 1740. The lowest BCUT2D eigenvalue weighted by atomic mass is 9.95. The van der Waals surface area contributed by atoms with Crippen LogP contribution in [0.5, 0.6) is 0 Å². The standard InChI is InChI=1S/C31H27FN4O4S/c32-29-15-14-27(21-30(29)36(37)38)41(39,40)34-31(33)24-10-12-26(13-11-24)35-18-16-22(17-19-35)20-25-8-4-5-9-28(25)23-6-2-1-3-7-23/h1-15,20-21H,16-19H2,(H2,33,34). The van der Waals surface area contributed by atoms with Crippen LogP contribution in [0.1, 0.15) is 24.0 Å². The first-order valence-corrected chi connectivity index (χ1v) is 14.4. The number of benzene rings is 4. The van der Waals surface area contributed by atoms with Crippen molar-refractivity contribution in [2.24, 2.45) is 10.1 Å². The second-order valence-corrected chi connectivity index (χ2v) is 11.2. The van der Waals surface area contributed by atoms with Crippen LogP contribution in [-0.2, 0) is 10.0 Å². The van der Waals surface area contributed by atoms with Crippen molar-refractivity contribution in [3.63, 3.8) is 0 Å². The van der Waals surface area contributed by atoms with Gasteiger partial charge in [-0.1, -0.05) is 66.2 Å². The average Bonchev–Trinajstić information content (AvgIpc) is 2.98. The highest BCUT2D eigenvalue weighted by Crippen LogP contribution is 2.29. The Morgan fingerprint density at radius 2 is 1.59 bits per heavy atom. The Morgan fingerprint density at radius 1 is 0.927 bits per heavy atom. The number of nitrogens with zero attached hydrogens (tertiary/aromatic N) is 3. The van der Waals surface area contributed by atoms with Crippen LogP contribution >= 0.6 is 0 Å². The molecule has 8 nitrogen and oxygen atoms in total. The smallest absolute Gasteiger partial charge is 0.306 e. The largest absolute Gasteiger partial charge is 0.383 e. The van der Waals surface area contributed by atoms with Gasteiger partial charge in [-0.2, -0.15) is 12.8 Å². The zero-order chi connectivity index (χ0) is 29.0. The van der Waals surface area contributed by atoms with Crippen molar-refractivity contribution < 1.29 is 17.7 Å². The average molecular weight is 571 g/mol. The van der Waals surface area contributed by atoms with E-state index >= 15 is 0 Å². The molecule has 0 amide bonds. The first-order chi connectivity index (χ1) is 19.7. The van der Waals surface area contributed by atoms with Gasteiger partial charge >= 0.3 is 5.69 Å². The molecule has 0 atom stereocenters. The number of nitro benzene ring substituents is 1. The van der Waals surface area contributed by atoms with Gasteiger partial charge in [0, 0.05) is 30.4 Å². The van der Waals surface area contributed by atoms with Crippen LogP contribution in [0.25, 0.3) is 17.2 Å². The molecule has 4 aromatic rings. The van der Waals surface area contributed by atoms with Gasteiger partial charge in [0.2, 0.25) is 5.82 Å². The minimum Gasteiger partial charge on any atom is -0.383 e. The maximum atomic E-state index is 13.6. The lowest BCUT2D eigenvalue weighted by Crippen LogP contribution is -2.30. The summed E-state index contributed by atoms with van der Waals surface area (Å²) in [5, 5.41) is 11.0. The molecule has 0 bridgehead atoms. The summed E-state index contributed by atoms with van der Waals surface area (Å²) in [5.74, 6) is -1.41. The molecule has 2 N–H and O–H groups in total. The predicted molar refractivity (Wildman–Crippen MR) is 159 cm³/mol. The number of anilines is 1. The number of piperidine rings is 1. The molecule has 0 saturated carbocycles. The number of halogens is 1. The van der Waals surface area contributed by atoms with Crippen LogP contribution in [0.15, 0.2) is 112 Å². The van der Waals surface area contributed by atoms with Crippen molar-refractivity contribution in [1.82, 2.24) is 0 Å². The minimum absolute atomic E-state index is 0.274. The highest BCUT2D eigenvalue weighted by molar-refractivity contribution is 7.90. The van der Waals surface area contributed by atoms with E-state index in [0.29, 0.717) is 17.7 Å². The zero-order valence-electron chi connectivity index (χ0n) is 22.0. The fraction of sp³-hybridized carbons (Fsp3) is 0.129. The molecule has 0 radical (unpaired) electrons. The van der Waals surface area contributed by atoms with Crippen molar-refractivity contribution in [1.29, 1.82) is 0 Å². The summed E-state index contributed by atoms with van der Waals surface area (Å²) < 4.78 is 42.5. The number of rotatable bonds is 7. The third-order valence-corrected chi connectivity index (χ3v) is 8.26. The minimum atomic E-state index is -4.39. The van der Waals surface area contributed by atoms with Gasteiger partial charge < -0.3 is 10.6 Å². The molecule has 1 heterocycles. The molecular weight excluding hydrogens is 543 g/mol. The molecule has 1 saturated heterocycles. The fourth-order valence-corrected chi connectivity index (χ4v) is 5.76. The van der Waals surface area contributed by atoms with Gasteiger partial charge in [0.05, 0.1) is 9.82 Å². The zero-order valence-corrected chi connectivity index (χ0v) is 22.8. The molecule has 0 spiro atoms. The molecular formula is C31H27FN4O4S. The summed E-state index contributed by atoms with van der Waals surface area (Å²) in [6.07, 6.45) is 4.11. The topological polar surface area (TPSA) is 119 Å². The van der Waals surface area contributed by atoms with E-state index in [1.165, 1.54) is 22.3 Å². The van der Waals surface area contributed by atoms with E-state index < -0.39 is 31.3 Å². The number of amidine groups is 1. The van der Waals surface area contributed by atoms with Gasteiger partial charge in [0.1, 0.15) is 5.84 Å². The van der Waals surface area contributed by atoms with Gasteiger partial charge in [0.25, 0.3) is 10.0 Å². The molecule has 0 aliphatic carbocycles. The third kappa shape index (κ3) is 6.33. The van der Waals surface area contributed by atoms with E-state index in [-0.39, 0.29) is 5.84 Å². The van der Waals surface area contributed by atoms with Crippen LogP contribution in [0.4, 0.5) is 15.8 Å². The quantitative estimate of drug-likeness (QED) is 0.123. The summed E-state index contributed by atoms with van der Waals surface area (Å²) in [6.45, 7) is 1.67. The lowest BCUT2D eigenvalue weighted by Gasteiger charge is -2.30. The molecule has 4 aromatic carbocycles. The van der Waals surface area contributed by atoms with Crippen molar-refractivity contribution in [3.05, 3.63) is 130 Å². The lowest BCUT2D eigenvalue weighted by molar-refractivity contribution is -0.387. The fourth-order valence-electron chi connectivity index (χ4n) is 4.79. The number of hydrogen-bond donors (Lipinski definition) is 1. The van der Waals surface area contributed by atoms with E-state index in [1.807, 2.05) is 30.3 Å². The Labute approximate surface area is 237 Å². The number of nitro groups is 1. The van der Waals surface area contributed by atoms with Gasteiger partial charge in [-0.25, -0.2) is 0 Å². The van der Waals surface area contributed by atoms with Crippen LogP contribution in [0.3, 0.4) is 0 Å². The third-order valence-electron chi connectivity index (χ3n) is 6.97. The summed E-state index contributed by atoms with van der Waals surface area (Å²) in [6, 6.07) is 28.0. The van der Waals surface area contributed by atoms with Gasteiger partial charge in [-0.15, -0.1) is 4.40 Å². The SMILES string of the molecule is NC(=NS(=O)(=O)c1ccc(F)c([N+](=O)[O-])c1)c1ccc(N2CCC(=Cc3ccccc3-c3ccccc3)CC2)cc1. The van der Waals surface area contributed by atoms with E-state index in [4.69, 9.17) is 5.73 Å². The Hall–Kier alpha value is -4.83. The van der Waals surface area contributed by atoms with E-state index in [1.54, 1.807) is 12.1 Å². The van der Waals surface area contributed by atoms with Gasteiger partial charge in [0.15, 0.2) is 0 Å². The molecule has 5 rings (SSSR count). The number of sulfonamides is 1. The predicted octanol–water partition coefficient (Wildman–Crippen LogP) is 6.18. The van der Waals surface area contributed by atoms with Gasteiger partial charge in [-0.3, -0.25) is 10.1 Å². The van der Waals surface area contributed by atoms with Crippen LogP contribution in [0.2, 0.25) is 0 Å². The van der Waals surface area contributed by atoms with Crippen LogP contribution < -0.4 is 10.6 Å². The maximum absolute atomic E-state index is 13.6. The van der Waals surface area contributed by atoms with Crippen molar-refractivity contribution in [3.8, 4) is 11.1 Å². The molecule has 1 fully saturated rings. The first kappa shape index (κ1) is 27.7.